The summed E-state index contributed by atoms with van der Waals surface area (Å²) in [4.78, 5) is 17.6. The highest BCUT2D eigenvalue weighted by Gasteiger charge is 2.34. The van der Waals surface area contributed by atoms with E-state index in [2.05, 4.69) is 11.9 Å². The number of hydrogen-bond acceptors (Lipinski definition) is 3. The Morgan fingerprint density at radius 3 is 3.10 bits per heavy atom. The SMILES string of the molecule is CC1CCN(C(=O)c2c[nH]c3ccc(N)cc23)C1CO. The maximum absolute atomic E-state index is 12.7. The molecule has 2 aromatic rings. The highest BCUT2D eigenvalue weighted by molar-refractivity contribution is 6.07. The molecule has 0 radical (unpaired) electrons. The van der Waals surface area contributed by atoms with Crippen LogP contribution in [0, 0.1) is 5.92 Å². The topological polar surface area (TPSA) is 82.4 Å². The van der Waals surface area contributed by atoms with Gasteiger partial charge in [-0.3, -0.25) is 4.79 Å². The molecule has 0 spiro atoms. The fourth-order valence-electron chi connectivity index (χ4n) is 3.01. The molecule has 2 heterocycles. The van der Waals surface area contributed by atoms with Crippen LogP contribution in [0.5, 0.6) is 0 Å². The predicted octanol–water partition coefficient (Wildman–Crippen LogP) is 1.59. The average Bonchev–Trinajstić information content (AvgIpc) is 3.01. The lowest BCUT2D eigenvalue weighted by atomic mass is 10.0. The molecule has 1 aliphatic rings. The van der Waals surface area contributed by atoms with Crippen LogP contribution >= 0.6 is 0 Å². The number of H-pyrrole nitrogens is 1. The first kappa shape index (κ1) is 13.0. The summed E-state index contributed by atoms with van der Waals surface area (Å²) in [6.45, 7) is 2.78. The van der Waals surface area contributed by atoms with E-state index in [0.717, 1.165) is 17.3 Å². The third-order valence-corrected chi connectivity index (χ3v) is 4.27. The van der Waals surface area contributed by atoms with Gasteiger partial charge in [0.1, 0.15) is 0 Å². The number of aliphatic hydroxyl groups excluding tert-OH is 1. The zero-order chi connectivity index (χ0) is 14.3. The molecular weight excluding hydrogens is 254 g/mol. The Bertz CT molecular complexity index is 650. The lowest BCUT2D eigenvalue weighted by Gasteiger charge is -2.25. The molecular formula is C15H19N3O2. The van der Waals surface area contributed by atoms with Crippen molar-refractivity contribution in [1.82, 2.24) is 9.88 Å². The van der Waals surface area contributed by atoms with Crippen molar-refractivity contribution in [3.05, 3.63) is 30.0 Å². The van der Waals surface area contributed by atoms with E-state index in [-0.39, 0.29) is 18.6 Å². The van der Waals surface area contributed by atoms with Crippen LogP contribution in [0.3, 0.4) is 0 Å². The molecule has 1 saturated heterocycles. The van der Waals surface area contributed by atoms with Crippen LogP contribution in [0.4, 0.5) is 5.69 Å². The van der Waals surface area contributed by atoms with E-state index in [0.29, 0.717) is 23.7 Å². The Hall–Kier alpha value is -2.01. The van der Waals surface area contributed by atoms with Crippen LogP contribution in [-0.2, 0) is 0 Å². The monoisotopic (exact) mass is 273 g/mol. The number of rotatable bonds is 2. The quantitative estimate of drug-likeness (QED) is 0.727. The fourth-order valence-corrected chi connectivity index (χ4v) is 3.01. The number of nitrogens with two attached hydrogens (primary N) is 1. The number of carbonyl (C=O) groups is 1. The van der Waals surface area contributed by atoms with Crippen LogP contribution in [0.1, 0.15) is 23.7 Å². The van der Waals surface area contributed by atoms with Crippen LogP contribution in [0.2, 0.25) is 0 Å². The minimum Gasteiger partial charge on any atom is -0.399 e. The van der Waals surface area contributed by atoms with Gasteiger partial charge >= 0.3 is 0 Å². The van der Waals surface area contributed by atoms with E-state index in [9.17, 15) is 9.90 Å². The smallest absolute Gasteiger partial charge is 0.256 e. The lowest BCUT2D eigenvalue weighted by molar-refractivity contribution is 0.0650. The second-order valence-electron chi connectivity index (χ2n) is 5.52. The van der Waals surface area contributed by atoms with Crippen molar-refractivity contribution in [3.63, 3.8) is 0 Å². The number of aliphatic hydroxyl groups is 1. The normalized spacial score (nSPS) is 22.6. The number of carbonyl (C=O) groups excluding carboxylic acids is 1. The van der Waals surface area contributed by atoms with E-state index in [4.69, 9.17) is 5.73 Å². The first-order valence-corrected chi connectivity index (χ1v) is 6.90. The Morgan fingerprint density at radius 1 is 1.55 bits per heavy atom. The molecule has 5 nitrogen and oxygen atoms in total. The molecule has 106 valence electrons. The van der Waals surface area contributed by atoms with Crippen LogP contribution in [0.25, 0.3) is 10.9 Å². The molecule has 1 amide bonds. The molecule has 20 heavy (non-hydrogen) atoms. The van der Waals surface area contributed by atoms with Crippen molar-refractivity contribution < 1.29 is 9.90 Å². The largest absolute Gasteiger partial charge is 0.399 e. The van der Waals surface area contributed by atoms with Gasteiger partial charge in [-0.2, -0.15) is 0 Å². The second kappa shape index (κ2) is 4.83. The Balaban J connectivity index is 1.98. The summed E-state index contributed by atoms with van der Waals surface area (Å²) in [6.07, 6.45) is 2.66. The number of likely N-dealkylation sites (tertiary alicyclic amines) is 1. The van der Waals surface area contributed by atoms with Crippen molar-refractivity contribution >= 4 is 22.5 Å². The summed E-state index contributed by atoms with van der Waals surface area (Å²) in [5, 5.41) is 10.3. The molecule has 0 saturated carbocycles. The van der Waals surface area contributed by atoms with Gasteiger partial charge in [0.2, 0.25) is 0 Å². The number of nitrogens with one attached hydrogen (secondary N) is 1. The lowest BCUT2D eigenvalue weighted by Crippen LogP contribution is -2.39. The van der Waals surface area contributed by atoms with Crippen molar-refractivity contribution in [3.8, 4) is 0 Å². The number of fused-ring (bicyclic) bond motifs is 1. The molecule has 1 aromatic carbocycles. The molecule has 2 unspecified atom stereocenters. The molecule has 1 aromatic heterocycles. The van der Waals surface area contributed by atoms with Crippen molar-refractivity contribution in [2.75, 3.05) is 18.9 Å². The maximum Gasteiger partial charge on any atom is 0.256 e. The van der Waals surface area contributed by atoms with Gasteiger partial charge in [0.05, 0.1) is 18.2 Å². The van der Waals surface area contributed by atoms with E-state index in [1.807, 2.05) is 18.2 Å². The fraction of sp³-hybridized carbons (Fsp3) is 0.400. The van der Waals surface area contributed by atoms with Gasteiger partial charge in [0, 0.05) is 29.3 Å². The average molecular weight is 273 g/mol. The van der Waals surface area contributed by atoms with Gasteiger partial charge in [0.15, 0.2) is 0 Å². The molecule has 0 bridgehead atoms. The summed E-state index contributed by atoms with van der Waals surface area (Å²) in [5.41, 5.74) is 7.96. The van der Waals surface area contributed by atoms with E-state index in [1.165, 1.54) is 0 Å². The van der Waals surface area contributed by atoms with Gasteiger partial charge in [-0.15, -0.1) is 0 Å². The van der Waals surface area contributed by atoms with Gasteiger partial charge in [-0.05, 0) is 30.5 Å². The summed E-state index contributed by atoms with van der Waals surface area (Å²) >= 11 is 0. The highest BCUT2D eigenvalue weighted by atomic mass is 16.3. The minimum absolute atomic E-state index is 0.0113. The Morgan fingerprint density at radius 2 is 2.35 bits per heavy atom. The molecule has 1 aliphatic heterocycles. The minimum atomic E-state index is -0.0893. The van der Waals surface area contributed by atoms with E-state index in [1.54, 1.807) is 11.1 Å². The first-order chi connectivity index (χ1) is 9.61. The Kier molecular flexibility index (Phi) is 3.14. The highest BCUT2D eigenvalue weighted by Crippen LogP contribution is 2.28. The number of hydrogen-bond donors (Lipinski definition) is 3. The molecule has 3 rings (SSSR count). The summed E-state index contributed by atoms with van der Waals surface area (Å²) in [5.74, 6) is 0.296. The van der Waals surface area contributed by atoms with E-state index < -0.39 is 0 Å². The maximum atomic E-state index is 12.7. The van der Waals surface area contributed by atoms with Gasteiger partial charge < -0.3 is 20.7 Å². The third-order valence-electron chi connectivity index (χ3n) is 4.27. The predicted molar refractivity (Wildman–Crippen MR) is 78.4 cm³/mol. The summed E-state index contributed by atoms with van der Waals surface area (Å²) < 4.78 is 0. The summed E-state index contributed by atoms with van der Waals surface area (Å²) in [7, 11) is 0. The molecule has 5 heteroatoms. The molecule has 2 atom stereocenters. The number of amides is 1. The standard InChI is InChI=1S/C15H19N3O2/c1-9-4-5-18(14(9)8-19)15(20)12-7-17-13-3-2-10(16)6-11(12)13/h2-3,6-7,9,14,17,19H,4-5,8,16H2,1H3. The van der Waals surface area contributed by atoms with Crippen LogP contribution in [-0.4, -0.2) is 40.1 Å². The van der Waals surface area contributed by atoms with Gasteiger partial charge in [-0.25, -0.2) is 0 Å². The number of aromatic nitrogens is 1. The molecule has 1 fully saturated rings. The summed E-state index contributed by atoms with van der Waals surface area (Å²) in [6, 6.07) is 5.40. The number of anilines is 1. The number of nitrogens with zero attached hydrogens (tertiary/aromatic N) is 1. The zero-order valence-electron chi connectivity index (χ0n) is 11.5. The first-order valence-electron chi connectivity index (χ1n) is 6.90. The number of nitrogen functional groups attached to an aromatic ring is 1. The van der Waals surface area contributed by atoms with Crippen LogP contribution < -0.4 is 5.73 Å². The van der Waals surface area contributed by atoms with Crippen molar-refractivity contribution in [1.29, 1.82) is 0 Å². The zero-order valence-corrected chi connectivity index (χ0v) is 11.5. The van der Waals surface area contributed by atoms with Gasteiger partial charge in [0.25, 0.3) is 5.91 Å². The van der Waals surface area contributed by atoms with Crippen molar-refractivity contribution in [2.45, 2.75) is 19.4 Å². The van der Waals surface area contributed by atoms with Gasteiger partial charge in [-0.1, -0.05) is 6.92 Å². The van der Waals surface area contributed by atoms with Crippen LogP contribution in [0.15, 0.2) is 24.4 Å². The number of aromatic amines is 1. The number of benzene rings is 1. The Labute approximate surface area is 117 Å². The van der Waals surface area contributed by atoms with Crippen molar-refractivity contribution in [2.24, 2.45) is 5.92 Å². The molecule has 4 N–H and O–H groups in total. The van der Waals surface area contributed by atoms with E-state index >= 15 is 0 Å². The second-order valence-corrected chi connectivity index (χ2v) is 5.52. The molecule has 0 aliphatic carbocycles. The third kappa shape index (κ3) is 1.94.